The van der Waals surface area contributed by atoms with E-state index in [-0.39, 0.29) is 11.9 Å². The van der Waals surface area contributed by atoms with Gasteiger partial charge in [0.15, 0.2) is 0 Å². The van der Waals surface area contributed by atoms with Gasteiger partial charge >= 0.3 is 0 Å². The molecule has 1 amide bonds. The minimum Gasteiger partial charge on any atom is -0.489 e. The van der Waals surface area contributed by atoms with Crippen molar-refractivity contribution in [1.29, 1.82) is 0 Å². The van der Waals surface area contributed by atoms with Gasteiger partial charge in [0.25, 0.3) is 0 Å². The summed E-state index contributed by atoms with van der Waals surface area (Å²) in [5, 5.41) is 0. The summed E-state index contributed by atoms with van der Waals surface area (Å²) in [5.41, 5.74) is 7.19. The summed E-state index contributed by atoms with van der Waals surface area (Å²) in [6.45, 7) is 6.94. The average molecular weight is 453 g/mol. The van der Waals surface area contributed by atoms with Crippen molar-refractivity contribution in [2.24, 2.45) is 0 Å². The maximum atomic E-state index is 12.2. The number of H-pyrrole nitrogens is 1. The van der Waals surface area contributed by atoms with Crippen molar-refractivity contribution in [2.45, 2.75) is 32.2 Å². The van der Waals surface area contributed by atoms with E-state index in [4.69, 9.17) is 9.72 Å². The highest BCUT2D eigenvalue weighted by atomic mass is 16.5. The zero-order valence-electron chi connectivity index (χ0n) is 19.3. The van der Waals surface area contributed by atoms with Crippen LogP contribution in [0.2, 0.25) is 0 Å². The van der Waals surface area contributed by atoms with Crippen LogP contribution in [0.15, 0.2) is 73.7 Å². The first-order chi connectivity index (χ1) is 16.7. The number of carbonyl (C=O) groups excluding carboxylic acids is 1. The van der Waals surface area contributed by atoms with Crippen LogP contribution in [-0.4, -0.2) is 45.0 Å². The first-order valence-corrected chi connectivity index (χ1v) is 11.8. The number of hydrogen-bond acceptors (Lipinski definition) is 4. The van der Waals surface area contributed by atoms with Crippen LogP contribution in [0, 0.1) is 0 Å². The quantitative estimate of drug-likeness (QED) is 0.381. The molecular weight excluding hydrogens is 424 g/mol. The van der Waals surface area contributed by atoms with Crippen LogP contribution in [0.1, 0.15) is 25.3 Å². The minimum absolute atomic E-state index is 0.0312. The fraction of sp³-hybridized carbons (Fsp3) is 0.250. The molecule has 6 nitrogen and oxygen atoms in total. The molecule has 5 rings (SSSR count). The monoisotopic (exact) mass is 452 g/mol. The Bertz CT molecular complexity index is 1340. The molecule has 0 radical (unpaired) electrons. The van der Waals surface area contributed by atoms with Crippen molar-refractivity contribution < 1.29 is 9.53 Å². The highest BCUT2D eigenvalue weighted by Crippen LogP contribution is 2.41. The van der Waals surface area contributed by atoms with Crippen molar-refractivity contribution in [3.63, 3.8) is 0 Å². The topological polar surface area (TPSA) is 71.1 Å². The summed E-state index contributed by atoms with van der Waals surface area (Å²) in [4.78, 5) is 26.6. The molecular formula is C28H28N4O2. The second-order valence-corrected chi connectivity index (χ2v) is 8.54. The molecule has 1 atom stereocenters. The van der Waals surface area contributed by atoms with Gasteiger partial charge in [-0.15, -0.1) is 0 Å². The number of amides is 1. The Morgan fingerprint density at radius 3 is 3.03 bits per heavy atom. The number of fused-ring (bicyclic) bond motifs is 1. The van der Waals surface area contributed by atoms with Crippen molar-refractivity contribution in [1.82, 2.24) is 19.9 Å². The minimum atomic E-state index is -0.0442. The van der Waals surface area contributed by atoms with Gasteiger partial charge in [0.2, 0.25) is 5.91 Å². The smallest absolute Gasteiger partial charge is 0.246 e. The zero-order chi connectivity index (χ0) is 23.5. The summed E-state index contributed by atoms with van der Waals surface area (Å²) in [6.07, 6.45) is 9.57. The van der Waals surface area contributed by atoms with E-state index in [1.165, 1.54) is 11.6 Å². The maximum Gasteiger partial charge on any atom is 0.246 e. The summed E-state index contributed by atoms with van der Waals surface area (Å²) >= 11 is 0. The number of ether oxygens (including phenoxy) is 1. The Kier molecular flexibility index (Phi) is 6.12. The van der Waals surface area contributed by atoms with Gasteiger partial charge in [-0.25, -0.2) is 0 Å². The Morgan fingerprint density at radius 1 is 1.26 bits per heavy atom. The lowest BCUT2D eigenvalue weighted by atomic mass is 9.98. The molecule has 1 saturated heterocycles. The number of pyridine rings is 2. The second kappa shape index (κ2) is 9.51. The maximum absolute atomic E-state index is 12.2. The molecule has 0 bridgehead atoms. The van der Waals surface area contributed by atoms with E-state index in [0.717, 1.165) is 59.2 Å². The van der Waals surface area contributed by atoms with Crippen LogP contribution in [0.5, 0.6) is 5.75 Å². The highest BCUT2D eigenvalue weighted by Gasteiger charge is 2.28. The number of benzene rings is 1. The predicted molar refractivity (Wildman–Crippen MR) is 135 cm³/mol. The van der Waals surface area contributed by atoms with Crippen LogP contribution in [0.4, 0.5) is 0 Å². The van der Waals surface area contributed by atoms with Gasteiger partial charge in [-0.05, 0) is 54.7 Å². The number of carbonyl (C=O) groups is 1. The first kappa shape index (κ1) is 21.9. The van der Waals surface area contributed by atoms with Crippen molar-refractivity contribution >= 4 is 16.9 Å². The van der Waals surface area contributed by atoms with E-state index in [1.54, 1.807) is 12.4 Å². The first-order valence-electron chi connectivity index (χ1n) is 11.8. The lowest BCUT2D eigenvalue weighted by Crippen LogP contribution is -2.38. The zero-order valence-corrected chi connectivity index (χ0v) is 19.3. The van der Waals surface area contributed by atoms with E-state index in [9.17, 15) is 4.79 Å². The molecule has 0 unspecified atom stereocenters. The second-order valence-electron chi connectivity index (χ2n) is 8.54. The summed E-state index contributed by atoms with van der Waals surface area (Å²) in [6, 6.07) is 14.6. The highest BCUT2D eigenvalue weighted by molar-refractivity contribution is 6.02. The van der Waals surface area contributed by atoms with Crippen molar-refractivity contribution in [3.05, 3.63) is 79.3 Å². The van der Waals surface area contributed by atoms with Gasteiger partial charge in [-0.3, -0.25) is 14.8 Å². The lowest BCUT2D eigenvalue weighted by Gasteiger charge is -2.24. The molecule has 0 saturated carbocycles. The molecule has 1 N–H and O–H groups in total. The van der Waals surface area contributed by atoms with E-state index >= 15 is 0 Å². The third-order valence-corrected chi connectivity index (χ3v) is 6.50. The number of aromatic amines is 1. The fourth-order valence-electron chi connectivity index (χ4n) is 4.75. The number of aromatic nitrogens is 3. The van der Waals surface area contributed by atoms with Gasteiger partial charge < -0.3 is 14.6 Å². The van der Waals surface area contributed by atoms with Crippen molar-refractivity contribution in [3.8, 4) is 28.1 Å². The Labute approximate surface area is 199 Å². The summed E-state index contributed by atoms with van der Waals surface area (Å²) in [5.74, 6) is 0.636. The molecule has 1 aliphatic heterocycles. The number of aryl methyl sites for hydroxylation is 1. The fourth-order valence-corrected chi connectivity index (χ4v) is 4.75. The van der Waals surface area contributed by atoms with Crippen LogP contribution >= 0.6 is 0 Å². The van der Waals surface area contributed by atoms with Gasteiger partial charge in [0, 0.05) is 30.1 Å². The molecule has 34 heavy (non-hydrogen) atoms. The number of hydrogen-bond donors (Lipinski definition) is 1. The Hall–Kier alpha value is -3.93. The summed E-state index contributed by atoms with van der Waals surface area (Å²) in [7, 11) is 0. The molecule has 1 aliphatic rings. The van der Waals surface area contributed by atoms with Gasteiger partial charge in [0.05, 0.1) is 29.0 Å². The Balaban J connectivity index is 1.55. The standard InChI is InChI=1S/C28H28N4O2/c1-3-19-8-5-9-20(16-19)26-27(31-23-11-6-13-30-28(23)26)22-12-14-29-17-24(22)34-18-21-10-7-15-32(21)25(33)4-2/h4-6,8-9,11-14,16-17,21,31H,2-3,7,10,15,18H2,1H3/t21-/m0/s1. The SMILES string of the molecule is C=CC(=O)N1CCC[C@H]1COc1cnccc1-c1[nH]c2cccnc2c1-c1cccc(CC)c1. The van der Waals surface area contributed by atoms with E-state index < -0.39 is 0 Å². The third kappa shape index (κ3) is 4.07. The van der Waals surface area contributed by atoms with Crippen LogP contribution in [0.25, 0.3) is 33.4 Å². The van der Waals surface area contributed by atoms with Crippen LogP contribution in [-0.2, 0) is 11.2 Å². The Morgan fingerprint density at radius 2 is 2.18 bits per heavy atom. The van der Waals surface area contributed by atoms with Gasteiger partial charge in [-0.1, -0.05) is 37.8 Å². The number of likely N-dealkylation sites (tertiary alicyclic amines) is 1. The number of nitrogens with zero attached hydrogens (tertiary/aromatic N) is 3. The predicted octanol–water partition coefficient (Wildman–Crippen LogP) is 5.41. The molecule has 4 heterocycles. The van der Waals surface area contributed by atoms with E-state index in [2.05, 4.69) is 47.7 Å². The van der Waals surface area contributed by atoms with Crippen molar-refractivity contribution in [2.75, 3.05) is 13.2 Å². The van der Waals surface area contributed by atoms with Gasteiger partial charge in [-0.2, -0.15) is 0 Å². The molecule has 3 aromatic heterocycles. The number of nitrogens with one attached hydrogen (secondary N) is 1. The normalized spacial score (nSPS) is 15.6. The van der Waals surface area contributed by atoms with Crippen LogP contribution < -0.4 is 4.74 Å². The third-order valence-electron chi connectivity index (χ3n) is 6.50. The molecule has 1 fully saturated rings. The molecule has 0 aliphatic carbocycles. The largest absolute Gasteiger partial charge is 0.489 e. The van der Waals surface area contributed by atoms with Gasteiger partial charge in [0.1, 0.15) is 12.4 Å². The summed E-state index contributed by atoms with van der Waals surface area (Å²) < 4.78 is 6.30. The lowest BCUT2D eigenvalue weighted by molar-refractivity contribution is -0.127. The molecule has 4 aromatic rings. The van der Waals surface area contributed by atoms with E-state index in [0.29, 0.717) is 12.4 Å². The number of rotatable bonds is 7. The van der Waals surface area contributed by atoms with E-state index in [1.807, 2.05) is 29.3 Å². The average Bonchev–Trinajstić information content (AvgIpc) is 3.52. The molecule has 6 heteroatoms. The van der Waals surface area contributed by atoms with Crippen LogP contribution in [0.3, 0.4) is 0 Å². The molecule has 1 aromatic carbocycles. The molecule has 172 valence electrons. The molecule has 0 spiro atoms.